The largest absolute Gasteiger partial charge is 0.453 e. The van der Waals surface area contributed by atoms with Crippen LogP contribution in [-0.4, -0.2) is 11.0 Å². The molecule has 6 heteroatoms. The molecule has 26 heavy (non-hydrogen) atoms. The van der Waals surface area contributed by atoms with Crippen LogP contribution in [0.5, 0.6) is 11.5 Å². The van der Waals surface area contributed by atoms with E-state index in [0.29, 0.717) is 0 Å². The minimum absolute atomic E-state index is 0.0282. The lowest BCUT2D eigenvalue weighted by Gasteiger charge is -2.12. The molecule has 0 aliphatic carbocycles. The van der Waals surface area contributed by atoms with Crippen LogP contribution in [-0.2, 0) is 0 Å². The molecular weight excluding hydrogens is 362 g/mol. The van der Waals surface area contributed by atoms with E-state index in [1.165, 1.54) is 24.3 Å². The van der Waals surface area contributed by atoms with E-state index in [9.17, 15) is 18.4 Å². The minimum Gasteiger partial charge on any atom is -0.453 e. The number of carbonyl (C=O) groups excluding carboxylic acids is 2. The highest BCUT2D eigenvalue weighted by atomic mass is 35.5. The molecule has 0 amide bonds. The normalized spacial score (nSPS) is 10.4. The fraction of sp³-hybridized carbons (Fsp3) is 0. The lowest BCUT2D eigenvalue weighted by Crippen LogP contribution is -2.08. The van der Waals surface area contributed by atoms with Gasteiger partial charge >= 0.3 is 0 Å². The van der Waals surface area contributed by atoms with Crippen LogP contribution in [0.15, 0.2) is 66.7 Å². The number of benzene rings is 3. The molecule has 3 aromatic carbocycles. The summed E-state index contributed by atoms with van der Waals surface area (Å²) in [6.45, 7) is 0. The van der Waals surface area contributed by atoms with E-state index in [0.717, 1.165) is 12.1 Å². The standard InChI is InChI=1S/C20H11ClF2O3/c21-20(25)16-10-9-15(18(24)12-5-4-6-13(22)11-12)17(23)19(16)26-14-7-2-1-3-8-14/h1-11H. The minimum atomic E-state index is -1.05. The van der Waals surface area contributed by atoms with Crippen LogP contribution >= 0.6 is 11.6 Å². The summed E-state index contributed by atoms with van der Waals surface area (Å²) in [5, 5.41) is -0.931. The summed E-state index contributed by atoms with van der Waals surface area (Å²) in [6, 6.07) is 15.4. The first-order chi connectivity index (χ1) is 12.5. The molecule has 0 saturated heterocycles. The maximum absolute atomic E-state index is 15.0. The smallest absolute Gasteiger partial charge is 0.256 e. The second-order valence-corrected chi connectivity index (χ2v) is 5.68. The summed E-state index contributed by atoms with van der Waals surface area (Å²) in [5.41, 5.74) is -0.605. The first kappa shape index (κ1) is 17.8. The summed E-state index contributed by atoms with van der Waals surface area (Å²) >= 11 is 5.50. The molecule has 0 radical (unpaired) electrons. The molecule has 0 heterocycles. The Morgan fingerprint density at radius 2 is 1.54 bits per heavy atom. The molecule has 3 rings (SSSR count). The van der Waals surface area contributed by atoms with Gasteiger partial charge in [-0.3, -0.25) is 9.59 Å². The van der Waals surface area contributed by atoms with Gasteiger partial charge in [0.15, 0.2) is 17.3 Å². The van der Waals surface area contributed by atoms with Crippen molar-refractivity contribution in [2.24, 2.45) is 0 Å². The number of para-hydroxylation sites is 1. The fourth-order valence-corrected chi connectivity index (χ4v) is 2.53. The molecular formula is C20H11ClF2O3. The Labute approximate surface area is 152 Å². The summed E-state index contributed by atoms with van der Waals surface area (Å²) in [6.07, 6.45) is 0. The Balaban J connectivity index is 2.09. The molecule has 3 aromatic rings. The van der Waals surface area contributed by atoms with Crippen molar-refractivity contribution in [3.8, 4) is 11.5 Å². The van der Waals surface area contributed by atoms with Gasteiger partial charge in [0.2, 0.25) is 0 Å². The molecule has 0 aromatic heterocycles. The van der Waals surface area contributed by atoms with Gasteiger partial charge in [-0.05, 0) is 48.0 Å². The molecule has 0 N–H and O–H groups in total. The lowest BCUT2D eigenvalue weighted by molar-refractivity contribution is 0.103. The topological polar surface area (TPSA) is 43.4 Å². The van der Waals surface area contributed by atoms with Gasteiger partial charge in [0, 0.05) is 5.56 Å². The summed E-state index contributed by atoms with van der Waals surface area (Å²) in [5.74, 6) is -2.60. The van der Waals surface area contributed by atoms with E-state index < -0.39 is 28.4 Å². The molecule has 0 saturated carbocycles. The van der Waals surface area contributed by atoms with Crippen LogP contribution in [0.1, 0.15) is 26.3 Å². The number of carbonyl (C=O) groups is 2. The highest BCUT2D eigenvalue weighted by Gasteiger charge is 2.24. The Morgan fingerprint density at radius 1 is 0.846 bits per heavy atom. The van der Waals surface area contributed by atoms with Crippen LogP contribution in [0.25, 0.3) is 0 Å². The Hall–Kier alpha value is -3.05. The number of ether oxygens (including phenoxy) is 1. The Kier molecular flexibility index (Phi) is 5.09. The van der Waals surface area contributed by atoms with Crippen LogP contribution in [0.2, 0.25) is 0 Å². The predicted octanol–water partition coefficient (Wildman–Crippen LogP) is 5.37. The second-order valence-electron chi connectivity index (χ2n) is 5.33. The van der Waals surface area contributed by atoms with Gasteiger partial charge in [0.1, 0.15) is 11.6 Å². The van der Waals surface area contributed by atoms with Gasteiger partial charge in [-0.25, -0.2) is 8.78 Å². The summed E-state index contributed by atoms with van der Waals surface area (Å²) in [7, 11) is 0. The van der Waals surface area contributed by atoms with Gasteiger partial charge in [-0.2, -0.15) is 0 Å². The van der Waals surface area contributed by atoms with E-state index in [1.54, 1.807) is 30.3 Å². The monoisotopic (exact) mass is 372 g/mol. The SMILES string of the molecule is O=C(c1cccc(F)c1)c1ccc(C(=O)Cl)c(Oc2ccccc2)c1F. The van der Waals surface area contributed by atoms with Crippen LogP contribution in [0, 0.1) is 11.6 Å². The van der Waals surface area contributed by atoms with Crippen LogP contribution in [0.3, 0.4) is 0 Å². The highest BCUT2D eigenvalue weighted by Crippen LogP contribution is 2.32. The van der Waals surface area contributed by atoms with Gasteiger partial charge in [0.05, 0.1) is 11.1 Å². The maximum Gasteiger partial charge on any atom is 0.256 e. The zero-order chi connectivity index (χ0) is 18.7. The average molecular weight is 373 g/mol. The number of rotatable bonds is 5. The number of ketones is 1. The van der Waals surface area contributed by atoms with E-state index in [1.807, 2.05) is 0 Å². The van der Waals surface area contributed by atoms with Gasteiger partial charge in [0.25, 0.3) is 5.24 Å². The molecule has 130 valence electrons. The van der Waals surface area contributed by atoms with Crippen molar-refractivity contribution in [2.45, 2.75) is 0 Å². The zero-order valence-corrected chi connectivity index (χ0v) is 14.0. The second kappa shape index (κ2) is 7.45. The van der Waals surface area contributed by atoms with Gasteiger partial charge < -0.3 is 4.74 Å². The lowest BCUT2D eigenvalue weighted by atomic mass is 10.0. The first-order valence-electron chi connectivity index (χ1n) is 7.53. The summed E-state index contributed by atoms with van der Waals surface area (Å²) in [4.78, 5) is 24.1. The van der Waals surface area contributed by atoms with E-state index >= 15 is 0 Å². The quantitative estimate of drug-likeness (QED) is 0.447. The highest BCUT2D eigenvalue weighted by molar-refractivity contribution is 6.68. The van der Waals surface area contributed by atoms with Crippen molar-refractivity contribution in [2.75, 3.05) is 0 Å². The summed E-state index contributed by atoms with van der Waals surface area (Å²) < 4.78 is 33.8. The Morgan fingerprint density at radius 3 is 2.19 bits per heavy atom. The van der Waals surface area contributed by atoms with E-state index in [4.69, 9.17) is 16.3 Å². The molecule has 0 bridgehead atoms. The van der Waals surface area contributed by atoms with E-state index in [-0.39, 0.29) is 22.4 Å². The maximum atomic E-state index is 15.0. The average Bonchev–Trinajstić information content (AvgIpc) is 2.63. The zero-order valence-electron chi connectivity index (χ0n) is 13.2. The van der Waals surface area contributed by atoms with Gasteiger partial charge in [-0.15, -0.1) is 0 Å². The third-order valence-corrected chi connectivity index (χ3v) is 3.81. The third kappa shape index (κ3) is 3.63. The number of hydrogen-bond donors (Lipinski definition) is 0. The van der Waals surface area contributed by atoms with Crippen LogP contribution < -0.4 is 4.74 Å². The van der Waals surface area contributed by atoms with E-state index in [2.05, 4.69) is 0 Å². The number of halogens is 3. The van der Waals surface area contributed by atoms with Crippen LogP contribution in [0.4, 0.5) is 8.78 Å². The molecule has 0 fully saturated rings. The van der Waals surface area contributed by atoms with Gasteiger partial charge in [-0.1, -0.05) is 30.3 Å². The molecule has 0 unspecified atom stereocenters. The van der Waals surface area contributed by atoms with Crippen molar-refractivity contribution in [3.63, 3.8) is 0 Å². The van der Waals surface area contributed by atoms with Crippen molar-refractivity contribution < 1.29 is 23.1 Å². The first-order valence-corrected chi connectivity index (χ1v) is 7.90. The van der Waals surface area contributed by atoms with Crippen molar-refractivity contribution in [1.29, 1.82) is 0 Å². The third-order valence-electron chi connectivity index (χ3n) is 3.60. The number of hydrogen-bond acceptors (Lipinski definition) is 3. The molecule has 3 nitrogen and oxygen atoms in total. The molecule has 0 aliphatic rings. The molecule has 0 spiro atoms. The predicted molar refractivity (Wildman–Crippen MR) is 92.9 cm³/mol. The Bertz CT molecular complexity index is 988. The molecule has 0 aliphatic heterocycles. The van der Waals surface area contributed by atoms with Crippen molar-refractivity contribution in [3.05, 3.63) is 95.1 Å². The van der Waals surface area contributed by atoms with Crippen molar-refractivity contribution in [1.82, 2.24) is 0 Å². The van der Waals surface area contributed by atoms with Crippen molar-refractivity contribution >= 4 is 22.6 Å². The molecule has 0 atom stereocenters. The fourth-order valence-electron chi connectivity index (χ4n) is 2.38.